The molecule has 0 aliphatic carbocycles. The zero-order valence-electron chi connectivity index (χ0n) is 12.5. The third-order valence-corrected chi connectivity index (χ3v) is 4.70. The molecule has 0 aromatic heterocycles. The van der Waals surface area contributed by atoms with E-state index >= 15 is 0 Å². The molecule has 1 aromatic rings. The number of aliphatic carboxylic acids is 1. The van der Waals surface area contributed by atoms with Crippen molar-refractivity contribution in [1.29, 1.82) is 0 Å². The molecule has 0 fully saturated rings. The SMILES string of the molecule is CCCCC(NS(=O)(=O)c1ccc(CCC)cc1)C(=O)O. The molecule has 0 saturated carbocycles. The first kappa shape index (κ1) is 17.7. The predicted octanol–water partition coefficient (Wildman–Crippen LogP) is 2.56. The van der Waals surface area contributed by atoms with Crippen LogP contribution in [0.3, 0.4) is 0 Å². The molecule has 0 bridgehead atoms. The van der Waals surface area contributed by atoms with E-state index in [2.05, 4.69) is 11.6 Å². The van der Waals surface area contributed by atoms with Crippen molar-refractivity contribution in [2.75, 3.05) is 0 Å². The fourth-order valence-electron chi connectivity index (χ4n) is 2.02. The number of aryl methyl sites for hydroxylation is 1. The van der Waals surface area contributed by atoms with Gasteiger partial charge in [0.15, 0.2) is 0 Å². The van der Waals surface area contributed by atoms with Gasteiger partial charge in [0.25, 0.3) is 0 Å². The van der Waals surface area contributed by atoms with Crippen molar-refractivity contribution in [2.45, 2.75) is 56.9 Å². The van der Waals surface area contributed by atoms with E-state index < -0.39 is 22.0 Å². The van der Waals surface area contributed by atoms with Gasteiger partial charge in [-0.1, -0.05) is 45.2 Å². The number of carboxylic acid groups (broad SMARTS) is 1. The van der Waals surface area contributed by atoms with Crippen molar-refractivity contribution in [3.63, 3.8) is 0 Å². The summed E-state index contributed by atoms with van der Waals surface area (Å²) in [6, 6.07) is 5.49. The van der Waals surface area contributed by atoms with Crippen LogP contribution in [0.25, 0.3) is 0 Å². The van der Waals surface area contributed by atoms with Gasteiger partial charge in [-0.25, -0.2) is 8.42 Å². The molecule has 0 saturated heterocycles. The van der Waals surface area contributed by atoms with Gasteiger partial charge in [-0.15, -0.1) is 0 Å². The molecule has 0 amide bonds. The lowest BCUT2D eigenvalue weighted by Crippen LogP contribution is -2.40. The highest BCUT2D eigenvalue weighted by atomic mass is 32.2. The Morgan fingerprint density at radius 2 is 1.81 bits per heavy atom. The summed E-state index contributed by atoms with van der Waals surface area (Å²) in [4.78, 5) is 11.2. The standard InChI is InChI=1S/C15H23NO4S/c1-3-5-7-14(15(17)18)16-21(19,20)13-10-8-12(6-4-2)9-11-13/h8-11,14,16H,3-7H2,1-2H3,(H,17,18). The molecule has 21 heavy (non-hydrogen) atoms. The molecule has 1 rings (SSSR count). The second-order valence-corrected chi connectivity index (χ2v) is 6.76. The van der Waals surface area contributed by atoms with Gasteiger partial charge in [0.1, 0.15) is 6.04 Å². The lowest BCUT2D eigenvalue weighted by Gasteiger charge is -2.14. The molecule has 0 radical (unpaired) electrons. The van der Waals surface area contributed by atoms with Crippen LogP contribution in [0.4, 0.5) is 0 Å². The summed E-state index contributed by atoms with van der Waals surface area (Å²) in [5.74, 6) is -1.14. The summed E-state index contributed by atoms with van der Waals surface area (Å²) >= 11 is 0. The van der Waals surface area contributed by atoms with E-state index in [1.807, 2.05) is 6.92 Å². The quantitative estimate of drug-likeness (QED) is 0.734. The number of sulfonamides is 1. The fraction of sp³-hybridized carbons (Fsp3) is 0.533. The molecular weight excluding hydrogens is 290 g/mol. The minimum absolute atomic E-state index is 0.102. The lowest BCUT2D eigenvalue weighted by atomic mass is 10.1. The van der Waals surface area contributed by atoms with Gasteiger partial charge in [-0.2, -0.15) is 4.72 Å². The van der Waals surface area contributed by atoms with Crippen molar-refractivity contribution in [3.05, 3.63) is 29.8 Å². The number of unbranched alkanes of at least 4 members (excludes halogenated alkanes) is 1. The molecule has 0 heterocycles. The topological polar surface area (TPSA) is 83.5 Å². The molecule has 0 aliphatic rings. The van der Waals surface area contributed by atoms with E-state index in [4.69, 9.17) is 5.11 Å². The maximum Gasteiger partial charge on any atom is 0.321 e. The van der Waals surface area contributed by atoms with Crippen LogP contribution >= 0.6 is 0 Å². The number of hydrogen-bond acceptors (Lipinski definition) is 3. The van der Waals surface area contributed by atoms with Crippen LogP contribution in [0.15, 0.2) is 29.2 Å². The number of nitrogens with one attached hydrogen (secondary N) is 1. The number of hydrogen-bond donors (Lipinski definition) is 2. The Hall–Kier alpha value is -1.40. The Kier molecular flexibility index (Phi) is 6.84. The Morgan fingerprint density at radius 1 is 1.19 bits per heavy atom. The Bertz CT molecular complexity index is 552. The molecule has 1 unspecified atom stereocenters. The van der Waals surface area contributed by atoms with Crippen molar-refractivity contribution >= 4 is 16.0 Å². The van der Waals surface area contributed by atoms with E-state index in [-0.39, 0.29) is 4.90 Å². The van der Waals surface area contributed by atoms with E-state index in [0.29, 0.717) is 12.8 Å². The summed E-state index contributed by atoms with van der Waals surface area (Å²) in [6.45, 7) is 3.98. The van der Waals surface area contributed by atoms with Gasteiger partial charge in [-0.05, 0) is 30.5 Å². The van der Waals surface area contributed by atoms with E-state index in [0.717, 1.165) is 24.8 Å². The average molecular weight is 313 g/mol. The van der Waals surface area contributed by atoms with Crippen molar-refractivity contribution < 1.29 is 18.3 Å². The highest BCUT2D eigenvalue weighted by Crippen LogP contribution is 2.13. The minimum Gasteiger partial charge on any atom is -0.480 e. The third-order valence-electron chi connectivity index (χ3n) is 3.21. The number of benzene rings is 1. The van der Waals surface area contributed by atoms with Gasteiger partial charge in [0, 0.05) is 0 Å². The van der Waals surface area contributed by atoms with E-state index in [9.17, 15) is 13.2 Å². The Balaban J connectivity index is 2.85. The van der Waals surface area contributed by atoms with E-state index in [1.165, 1.54) is 12.1 Å². The first-order valence-electron chi connectivity index (χ1n) is 7.24. The molecule has 6 heteroatoms. The van der Waals surface area contributed by atoms with Crippen LogP contribution in [0.5, 0.6) is 0 Å². The minimum atomic E-state index is -3.80. The van der Waals surface area contributed by atoms with Gasteiger partial charge < -0.3 is 5.11 Å². The lowest BCUT2D eigenvalue weighted by molar-refractivity contribution is -0.139. The first-order valence-corrected chi connectivity index (χ1v) is 8.73. The summed E-state index contributed by atoms with van der Waals surface area (Å²) in [6.07, 6.45) is 3.65. The predicted molar refractivity (Wildman–Crippen MR) is 81.7 cm³/mol. The number of rotatable bonds is 9. The van der Waals surface area contributed by atoms with Gasteiger partial charge in [-0.3, -0.25) is 4.79 Å². The summed E-state index contributed by atoms with van der Waals surface area (Å²) in [7, 11) is -3.80. The van der Waals surface area contributed by atoms with Crippen molar-refractivity contribution in [1.82, 2.24) is 4.72 Å². The normalized spacial score (nSPS) is 13.0. The molecule has 1 atom stereocenters. The molecule has 0 aliphatic heterocycles. The van der Waals surface area contributed by atoms with Crippen LogP contribution in [-0.4, -0.2) is 25.5 Å². The van der Waals surface area contributed by atoms with Crippen molar-refractivity contribution in [3.8, 4) is 0 Å². The first-order chi connectivity index (χ1) is 9.90. The number of carboxylic acids is 1. The molecule has 5 nitrogen and oxygen atoms in total. The summed E-state index contributed by atoms with van der Waals surface area (Å²) in [5.41, 5.74) is 1.07. The third kappa shape index (κ3) is 5.47. The zero-order chi connectivity index (χ0) is 15.9. The van der Waals surface area contributed by atoms with Gasteiger partial charge in [0.2, 0.25) is 10.0 Å². The maximum atomic E-state index is 12.2. The zero-order valence-corrected chi connectivity index (χ0v) is 13.3. The molecule has 2 N–H and O–H groups in total. The molecule has 0 spiro atoms. The number of carbonyl (C=O) groups is 1. The fourth-order valence-corrected chi connectivity index (χ4v) is 3.24. The van der Waals surface area contributed by atoms with Gasteiger partial charge >= 0.3 is 5.97 Å². The van der Waals surface area contributed by atoms with Crippen LogP contribution < -0.4 is 4.72 Å². The van der Waals surface area contributed by atoms with Crippen LogP contribution in [0.2, 0.25) is 0 Å². The maximum absolute atomic E-state index is 12.2. The molecular formula is C15H23NO4S. The highest BCUT2D eigenvalue weighted by molar-refractivity contribution is 7.89. The second kappa shape index (κ2) is 8.14. The smallest absolute Gasteiger partial charge is 0.321 e. The van der Waals surface area contributed by atoms with Crippen LogP contribution in [0, 0.1) is 0 Å². The van der Waals surface area contributed by atoms with Crippen LogP contribution in [0.1, 0.15) is 45.1 Å². The van der Waals surface area contributed by atoms with Crippen LogP contribution in [-0.2, 0) is 21.2 Å². The largest absolute Gasteiger partial charge is 0.480 e. The summed E-state index contributed by atoms with van der Waals surface area (Å²) in [5, 5.41) is 9.10. The monoisotopic (exact) mass is 313 g/mol. The average Bonchev–Trinajstić information content (AvgIpc) is 2.44. The molecule has 118 valence electrons. The highest BCUT2D eigenvalue weighted by Gasteiger charge is 2.24. The Labute approximate surface area is 126 Å². The van der Waals surface area contributed by atoms with Gasteiger partial charge in [0.05, 0.1) is 4.90 Å². The van der Waals surface area contributed by atoms with Crippen molar-refractivity contribution in [2.24, 2.45) is 0 Å². The Morgan fingerprint density at radius 3 is 2.29 bits per heavy atom. The molecule has 1 aromatic carbocycles. The van der Waals surface area contributed by atoms with E-state index in [1.54, 1.807) is 12.1 Å². The second-order valence-electron chi connectivity index (χ2n) is 5.05. The summed E-state index contributed by atoms with van der Waals surface area (Å²) < 4.78 is 26.7.